The second kappa shape index (κ2) is 8.51. The molecule has 1 heterocycles. The molecule has 1 aromatic heterocycles. The fourth-order valence-corrected chi connectivity index (χ4v) is 2.61. The lowest BCUT2D eigenvalue weighted by atomic mass is 10.0. The fraction of sp³-hybridized carbons (Fsp3) is 0.421. The molecule has 2 rings (SSSR count). The Labute approximate surface area is 151 Å². The van der Waals surface area contributed by atoms with Gasteiger partial charge in [-0.3, -0.25) is 4.79 Å². The summed E-state index contributed by atoms with van der Waals surface area (Å²) in [6, 6.07) is 5.71. The summed E-state index contributed by atoms with van der Waals surface area (Å²) in [6.45, 7) is 5.44. The fourth-order valence-electron chi connectivity index (χ4n) is 2.61. The van der Waals surface area contributed by atoms with Gasteiger partial charge in [0.1, 0.15) is 17.4 Å². The zero-order chi connectivity index (χ0) is 19.3. The molecule has 0 unspecified atom stereocenters. The molecular formula is C19H23NO6. The average Bonchev–Trinajstić information content (AvgIpc) is 2.57. The molecule has 140 valence electrons. The summed E-state index contributed by atoms with van der Waals surface area (Å²) in [7, 11) is 1.28. The molecule has 0 spiro atoms. The number of rotatable bonds is 7. The Morgan fingerprint density at radius 3 is 2.62 bits per heavy atom. The van der Waals surface area contributed by atoms with Crippen LogP contribution in [0, 0.1) is 12.8 Å². The first-order valence-electron chi connectivity index (χ1n) is 8.34. The standard InChI is InChI=1S/C19H23NO6/c1-11(2)7-15(19(23)24-4)20-17(21)10-25-13-5-6-14-12(3)8-18(22)26-16(14)9-13/h5-6,8-9,11,15H,7,10H2,1-4H3,(H,20,21)/t15-/m0/s1. The third kappa shape index (κ3) is 5.08. The molecule has 0 saturated heterocycles. The van der Waals surface area contributed by atoms with Crippen LogP contribution in [-0.4, -0.2) is 31.6 Å². The molecule has 0 aliphatic carbocycles. The minimum absolute atomic E-state index is 0.215. The number of fused-ring (bicyclic) bond motifs is 1. The number of hydrogen-bond donors (Lipinski definition) is 1. The highest BCUT2D eigenvalue weighted by Gasteiger charge is 2.22. The van der Waals surface area contributed by atoms with Crippen LogP contribution >= 0.6 is 0 Å². The van der Waals surface area contributed by atoms with Gasteiger partial charge in [-0.25, -0.2) is 9.59 Å². The molecule has 0 saturated carbocycles. The zero-order valence-corrected chi connectivity index (χ0v) is 15.3. The minimum Gasteiger partial charge on any atom is -0.484 e. The van der Waals surface area contributed by atoms with Gasteiger partial charge >= 0.3 is 11.6 Å². The van der Waals surface area contributed by atoms with Crippen LogP contribution in [0.1, 0.15) is 25.8 Å². The van der Waals surface area contributed by atoms with Crippen molar-refractivity contribution in [2.24, 2.45) is 5.92 Å². The minimum atomic E-state index is -0.714. The number of methoxy groups -OCH3 is 1. The number of ether oxygens (including phenoxy) is 2. The van der Waals surface area contributed by atoms with Crippen LogP contribution in [-0.2, 0) is 14.3 Å². The maximum absolute atomic E-state index is 12.1. The van der Waals surface area contributed by atoms with Crippen LogP contribution in [0.25, 0.3) is 11.0 Å². The summed E-state index contributed by atoms with van der Waals surface area (Å²) < 4.78 is 15.3. The van der Waals surface area contributed by atoms with Gasteiger partial charge in [0, 0.05) is 17.5 Å². The maximum atomic E-state index is 12.1. The number of esters is 1. The zero-order valence-electron chi connectivity index (χ0n) is 15.3. The van der Waals surface area contributed by atoms with E-state index >= 15 is 0 Å². The molecule has 7 nitrogen and oxygen atoms in total. The van der Waals surface area contributed by atoms with Crippen molar-refractivity contribution >= 4 is 22.8 Å². The van der Waals surface area contributed by atoms with Gasteiger partial charge in [0.25, 0.3) is 5.91 Å². The van der Waals surface area contributed by atoms with Gasteiger partial charge in [0.2, 0.25) is 0 Å². The molecule has 2 aromatic rings. The monoisotopic (exact) mass is 361 g/mol. The highest BCUT2D eigenvalue weighted by Crippen LogP contribution is 2.22. The summed E-state index contributed by atoms with van der Waals surface area (Å²) in [5, 5.41) is 3.41. The smallest absolute Gasteiger partial charge is 0.336 e. The molecular weight excluding hydrogens is 338 g/mol. The normalized spacial score (nSPS) is 12.0. The van der Waals surface area contributed by atoms with Crippen molar-refractivity contribution in [3.8, 4) is 5.75 Å². The summed E-state index contributed by atoms with van der Waals surface area (Å²) >= 11 is 0. The van der Waals surface area contributed by atoms with Crippen LogP contribution in [0.2, 0.25) is 0 Å². The van der Waals surface area contributed by atoms with Gasteiger partial charge < -0.3 is 19.2 Å². The summed E-state index contributed by atoms with van der Waals surface area (Å²) in [4.78, 5) is 35.3. The number of benzene rings is 1. The van der Waals surface area contributed by atoms with E-state index in [1.165, 1.54) is 13.2 Å². The number of carbonyl (C=O) groups is 2. The highest BCUT2D eigenvalue weighted by atomic mass is 16.5. The van der Waals surface area contributed by atoms with E-state index in [0.717, 1.165) is 10.9 Å². The maximum Gasteiger partial charge on any atom is 0.336 e. The van der Waals surface area contributed by atoms with Gasteiger partial charge in [-0.15, -0.1) is 0 Å². The molecule has 0 radical (unpaired) electrons. The topological polar surface area (TPSA) is 94.8 Å². The molecule has 0 aliphatic heterocycles. The SMILES string of the molecule is COC(=O)[C@H](CC(C)C)NC(=O)COc1ccc2c(C)cc(=O)oc2c1. The van der Waals surface area contributed by atoms with E-state index in [4.69, 9.17) is 13.9 Å². The van der Waals surface area contributed by atoms with E-state index in [1.54, 1.807) is 18.2 Å². The first-order chi connectivity index (χ1) is 12.3. The number of hydrogen-bond acceptors (Lipinski definition) is 6. The van der Waals surface area contributed by atoms with Crippen molar-refractivity contribution in [1.82, 2.24) is 5.32 Å². The van der Waals surface area contributed by atoms with Crippen LogP contribution in [0.15, 0.2) is 33.5 Å². The lowest BCUT2D eigenvalue weighted by Crippen LogP contribution is -2.44. The third-order valence-electron chi connectivity index (χ3n) is 3.82. The Balaban J connectivity index is 2.03. The number of carbonyl (C=O) groups excluding carboxylic acids is 2. The third-order valence-corrected chi connectivity index (χ3v) is 3.82. The number of nitrogens with one attached hydrogen (secondary N) is 1. The molecule has 1 N–H and O–H groups in total. The lowest BCUT2D eigenvalue weighted by Gasteiger charge is -2.18. The second-order valence-corrected chi connectivity index (χ2v) is 6.47. The Hall–Kier alpha value is -2.83. The van der Waals surface area contributed by atoms with Crippen molar-refractivity contribution < 1.29 is 23.5 Å². The van der Waals surface area contributed by atoms with Crippen molar-refractivity contribution in [1.29, 1.82) is 0 Å². The average molecular weight is 361 g/mol. The summed E-state index contributed by atoms with van der Waals surface area (Å²) in [5.74, 6) is -0.325. The lowest BCUT2D eigenvalue weighted by molar-refractivity contribution is -0.145. The Morgan fingerprint density at radius 2 is 1.96 bits per heavy atom. The molecule has 26 heavy (non-hydrogen) atoms. The van der Waals surface area contributed by atoms with Crippen molar-refractivity contribution in [3.05, 3.63) is 40.2 Å². The molecule has 0 fully saturated rings. The van der Waals surface area contributed by atoms with Crippen LogP contribution in [0.4, 0.5) is 0 Å². The van der Waals surface area contributed by atoms with E-state index in [0.29, 0.717) is 17.8 Å². The Morgan fingerprint density at radius 1 is 1.23 bits per heavy atom. The van der Waals surface area contributed by atoms with E-state index in [-0.39, 0.29) is 12.5 Å². The van der Waals surface area contributed by atoms with Gasteiger partial charge in [0.05, 0.1) is 7.11 Å². The molecule has 0 aliphatic rings. The predicted octanol–water partition coefficient (Wildman–Crippen LogP) is 2.18. The van der Waals surface area contributed by atoms with Gasteiger partial charge in [-0.05, 0) is 37.0 Å². The summed E-state index contributed by atoms with van der Waals surface area (Å²) in [5.41, 5.74) is 0.745. The van der Waals surface area contributed by atoms with E-state index in [9.17, 15) is 14.4 Å². The largest absolute Gasteiger partial charge is 0.484 e. The van der Waals surface area contributed by atoms with Crippen molar-refractivity contribution in [2.45, 2.75) is 33.2 Å². The number of amides is 1. The second-order valence-electron chi connectivity index (χ2n) is 6.47. The van der Waals surface area contributed by atoms with Crippen molar-refractivity contribution in [3.63, 3.8) is 0 Å². The summed E-state index contributed by atoms with van der Waals surface area (Å²) in [6.07, 6.45) is 0.471. The molecule has 1 amide bonds. The van der Waals surface area contributed by atoms with E-state index in [2.05, 4.69) is 5.32 Å². The quantitative estimate of drug-likeness (QED) is 0.600. The van der Waals surface area contributed by atoms with Crippen LogP contribution < -0.4 is 15.7 Å². The number of aryl methyl sites for hydroxylation is 1. The van der Waals surface area contributed by atoms with Gasteiger partial charge in [0.15, 0.2) is 6.61 Å². The molecule has 1 aromatic carbocycles. The molecule has 1 atom stereocenters. The van der Waals surface area contributed by atoms with Gasteiger partial charge in [-0.1, -0.05) is 13.8 Å². The first kappa shape index (κ1) is 19.5. The van der Waals surface area contributed by atoms with Gasteiger partial charge in [-0.2, -0.15) is 0 Å². The molecule has 7 heteroatoms. The molecule has 0 bridgehead atoms. The Kier molecular flexibility index (Phi) is 6.38. The van der Waals surface area contributed by atoms with Crippen LogP contribution in [0.5, 0.6) is 5.75 Å². The van der Waals surface area contributed by atoms with E-state index in [1.807, 2.05) is 20.8 Å². The van der Waals surface area contributed by atoms with Crippen molar-refractivity contribution in [2.75, 3.05) is 13.7 Å². The Bertz CT molecular complexity index is 855. The van der Waals surface area contributed by atoms with Crippen LogP contribution in [0.3, 0.4) is 0 Å². The predicted molar refractivity (Wildman–Crippen MR) is 96.1 cm³/mol. The van der Waals surface area contributed by atoms with E-state index < -0.39 is 23.5 Å². The highest BCUT2D eigenvalue weighted by molar-refractivity contribution is 5.85. The first-order valence-corrected chi connectivity index (χ1v) is 8.34.